The van der Waals surface area contributed by atoms with Gasteiger partial charge in [0.15, 0.2) is 18.5 Å². The van der Waals surface area contributed by atoms with Gasteiger partial charge in [-0.1, -0.05) is 26.7 Å². The number of carbonyl (C=O) groups is 2. The number of hydrogen-bond donors (Lipinski definition) is 1. The Labute approximate surface area is 148 Å². The van der Waals surface area contributed by atoms with Crippen molar-refractivity contribution in [1.82, 2.24) is 0 Å². The largest absolute Gasteiger partial charge is 0.467 e. The van der Waals surface area contributed by atoms with E-state index in [1.54, 1.807) is 0 Å². The highest BCUT2D eigenvalue weighted by atomic mass is 16.7. The van der Waals surface area contributed by atoms with Crippen LogP contribution in [0.1, 0.15) is 46.5 Å². The van der Waals surface area contributed by atoms with E-state index in [0.717, 1.165) is 25.7 Å². The Kier molecular flexibility index (Phi) is 9.96. The zero-order valence-corrected chi connectivity index (χ0v) is 15.4. The summed E-state index contributed by atoms with van der Waals surface area (Å²) >= 11 is 0. The van der Waals surface area contributed by atoms with Crippen LogP contribution in [0.4, 0.5) is 0 Å². The van der Waals surface area contributed by atoms with Gasteiger partial charge in [0.25, 0.3) is 0 Å². The smallest absolute Gasteiger partial charge is 0.337 e. The molecule has 0 amide bonds. The van der Waals surface area contributed by atoms with Crippen LogP contribution in [-0.2, 0) is 33.3 Å². The predicted octanol–water partition coefficient (Wildman–Crippen LogP) is 1.18. The molecule has 0 aromatic carbocycles. The van der Waals surface area contributed by atoms with Crippen molar-refractivity contribution in [3.63, 3.8) is 0 Å². The number of aliphatic hydroxyl groups is 1. The lowest BCUT2D eigenvalue weighted by Gasteiger charge is -2.42. The monoisotopic (exact) mass is 362 g/mol. The highest BCUT2D eigenvalue weighted by Crippen LogP contribution is 2.28. The van der Waals surface area contributed by atoms with Crippen molar-refractivity contribution in [1.29, 1.82) is 0 Å². The summed E-state index contributed by atoms with van der Waals surface area (Å²) in [6.45, 7) is 6.02. The zero-order valence-electron chi connectivity index (χ0n) is 15.4. The number of ether oxygens (including phenoxy) is 5. The highest BCUT2D eigenvalue weighted by Gasteiger charge is 2.51. The van der Waals surface area contributed by atoms with Crippen LogP contribution in [-0.4, -0.2) is 68.1 Å². The van der Waals surface area contributed by atoms with Crippen LogP contribution in [0.25, 0.3) is 0 Å². The Morgan fingerprint density at radius 3 is 2.04 bits per heavy atom. The molecular weight excluding hydrogens is 332 g/mol. The first kappa shape index (κ1) is 21.8. The number of rotatable bonds is 10. The second-order valence-electron chi connectivity index (χ2n) is 5.92. The molecule has 1 N–H and O–H groups in total. The molecule has 8 heteroatoms. The molecule has 2 unspecified atom stereocenters. The van der Waals surface area contributed by atoms with Gasteiger partial charge in [-0.3, -0.25) is 4.79 Å². The summed E-state index contributed by atoms with van der Waals surface area (Å²) in [5.41, 5.74) is 0. The van der Waals surface area contributed by atoms with Gasteiger partial charge in [0, 0.05) is 20.1 Å². The average molecular weight is 362 g/mol. The Morgan fingerprint density at radius 1 is 1.00 bits per heavy atom. The fourth-order valence-corrected chi connectivity index (χ4v) is 2.55. The molecule has 5 atom stereocenters. The lowest BCUT2D eigenvalue weighted by atomic mass is 9.97. The van der Waals surface area contributed by atoms with Gasteiger partial charge >= 0.3 is 11.9 Å². The first-order chi connectivity index (χ1) is 12.0. The molecule has 1 heterocycles. The minimum Gasteiger partial charge on any atom is -0.467 e. The maximum atomic E-state index is 12.1. The summed E-state index contributed by atoms with van der Waals surface area (Å²) in [4.78, 5) is 23.5. The topological polar surface area (TPSA) is 101 Å². The van der Waals surface area contributed by atoms with E-state index in [1.165, 1.54) is 14.0 Å². The molecule has 0 saturated carbocycles. The third-order valence-corrected chi connectivity index (χ3v) is 3.86. The van der Waals surface area contributed by atoms with Gasteiger partial charge in [-0.25, -0.2) is 4.79 Å². The van der Waals surface area contributed by atoms with E-state index in [9.17, 15) is 14.7 Å². The first-order valence-electron chi connectivity index (χ1n) is 8.78. The number of aliphatic hydroxyl groups excluding tert-OH is 1. The van der Waals surface area contributed by atoms with Crippen LogP contribution in [0.3, 0.4) is 0 Å². The van der Waals surface area contributed by atoms with Crippen molar-refractivity contribution in [2.45, 2.75) is 77.2 Å². The second kappa shape index (κ2) is 11.4. The van der Waals surface area contributed by atoms with Crippen LogP contribution in [0.15, 0.2) is 0 Å². The number of methoxy groups -OCH3 is 1. The Bertz CT molecular complexity index is 413. The number of unbranched alkanes of at least 4 members (excludes halogenated alkanes) is 2. The minimum atomic E-state index is -1.51. The average Bonchev–Trinajstić information content (AvgIpc) is 2.58. The number of carbonyl (C=O) groups excluding carboxylic acids is 2. The molecule has 0 bridgehead atoms. The summed E-state index contributed by atoms with van der Waals surface area (Å²) < 4.78 is 26.9. The Hall–Kier alpha value is -1.22. The van der Waals surface area contributed by atoms with Crippen LogP contribution >= 0.6 is 0 Å². The quantitative estimate of drug-likeness (QED) is 0.457. The molecule has 8 nitrogen and oxygen atoms in total. The summed E-state index contributed by atoms with van der Waals surface area (Å²) in [6, 6.07) is 0. The molecule has 0 aromatic rings. The van der Waals surface area contributed by atoms with Crippen LogP contribution in [0, 0.1) is 0 Å². The van der Waals surface area contributed by atoms with Gasteiger partial charge in [-0.15, -0.1) is 0 Å². The standard InChI is InChI=1S/C17H30O8/c1-5-7-9-22-12-13(23-10-8-6-2)15(24-11(3)18)17(20)25-14(12)16(19)21-4/h12-15,17,20H,5-10H2,1-4H3/t12-,13-,14?,15?,17+/m0/s1. The molecule has 146 valence electrons. The van der Waals surface area contributed by atoms with E-state index in [4.69, 9.17) is 23.7 Å². The molecule has 1 aliphatic heterocycles. The van der Waals surface area contributed by atoms with Crippen molar-refractivity contribution in [2.24, 2.45) is 0 Å². The van der Waals surface area contributed by atoms with Gasteiger partial charge in [-0.2, -0.15) is 0 Å². The fraction of sp³-hybridized carbons (Fsp3) is 0.882. The molecule has 1 saturated heterocycles. The predicted molar refractivity (Wildman–Crippen MR) is 87.7 cm³/mol. The maximum absolute atomic E-state index is 12.1. The fourth-order valence-electron chi connectivity index (χ4n) is 2.55. The van der Waals surface area contributed by atoms with Crippen molar-refractivity contribution in [3.05, 3.63) is 0 Å². The zero-order chi connectivity index (χ0) is 18.8. The Balaban J connectivity index is 3.02. The van der Waals surface area contributed by atoms with E-state index < -0.39 is 42.6 Å². The normalized spacial score (nSPS) is 29.2. The third kappa shape index (κ3) is 6.54. The van der Waals surface area contributed by atoms with Crippen LogP contribution in [0.2, 0.25) is 0 Å². The number of esters is 2. The van der Waals surface area contributed by atoms with Gasteiger partial charge < -0.3 is 28.8 Å². The van der Waals surface area contributed by atoms with E-state index in [-0.39, 0.29) is 0 Å². The van der Waals surface area contributed by atoms with Crippen molar-refractivity contribution < 1.29 is 38.4 Å². The molecule has 1 aliphatic rings. The summed E-state index contributed by atoms with van der Waals surface area (Å²) in [5.74, 6) is -1.26. The first-order valence-corrected chi connectivity index (χ1v) is 8.78. The molecular formula is C17H30O8. The van der Waals surface area contributed by atoms with E-state index in [1.807, 2.05) is 13.8 Å². The maximum Gasteiger partial charge on any atom is 0.337 e. The number of hydrogen-bond acceptors (Lipinski definition) is 8. The molecule has 0 aromatic heterocycles. The van der Waals surface area contributed by atoms with E-state index >= 15 is 0 Å². The van der Waals surface area contributed by atoms with Crippen LogP contribution < -0.4 is 0 Å². The summed E-state index contributed by atoms with van der Waals surface area (Å²) in [6.07, 6.45) is -2.04. The molecule has 25 heavy (non-hydrogen) atoms. The molecule has 1 fully saturated rings. The minimum absolute atomic E-state index is 0.382. The molecule has 0 aliphatic carbocycles. The molecule has 0 spiro atoms. The lowest BCUT2D eigenvalue weighted by Crippen LogP contribution is -2.62. The molecule has 0 radical (unpaired) electrons. The van der Waals surface area contributed by atoms with E-state index in [2.05, 4.69) is 0 Å². The highest BCUT2D eigenvalue weighted by molar-refractivity contribution is 5.75. The SMILES string of the molecule is CCCCO[C@@H]1C(C(=O)OC)O[C@@H](O)C(OC(C)=O)[C@H]1OCCCC. The van der Waals surface area contributed by atoms with Gasteiger partial charge in [-0.05, 0) is 12.8 Å². The summed E-state index contributed by atoms with van der Waals surface area (Å²) in [7, 11) is 1.23. The van der Waals surface area contributed by atoms with Crippen LogP contribution in [0.5, 0.6) is 0 Å². The summed E-state index contributed by atoms with van der Waals surface area (Å²) in [5, 5.41) is 10.2. The van der Waals surface area contributed by atoms with Gasteiger partial charge in [0.2, 0.25) is 0 Å². The van der Waals surface area contributed by atoms with Crippen molar-refractivity contribution >= 4 is 11.9 Å². The van der Waals surface area contributed by atoms with Crippen molar-refractivity contribution in [3.8, 4) is 0 Å². The van der Waals surface area contributed by atoms with Crippen molar-refractivity contribution in [2.75, 3.05) is 20.3 Å². The molecule has 1 rings (SSSR count). The Morgan fingerprint density at radius 2 is 1.56 bits per heavy atom. The lowest BCUT2D eigenvalue weighted by molar-refractivity contribution is -0.298. The third-order valence-electron chi connectivity index (χ3n) is 3.86. The van der Waals surface area contributed by atoms with E-state index in [0.29, 0.717) is 13.2 Å². The van der Waals surface area contributed by atoms with Gasteiger partial charge in [0.1, 0.15) is 12.2 Å². The second-order valence-corrected chi connectivity index (χ2v) is 5.92. The van der Waals surface area contributed by atoms with Gasteiger partial charge in [0.05, 0.1) is 7.11 Å².